The molecular weight excluding hydrogens is 305 g/mol. The maximum atomic E-state index is 12.5. The minimum absolute atomic E-state index is 0.411. The van der Waals surface area contributed by atoms with Crippen LogP contribution in [0.25, 0.3) is 0 Å². The number of carbonyl (C=O) groups excluding carboxylic acids is 1. The summed E-state index contributed by atoms with van der Waals surface area (Å²) in [5, 5.41) is 18.4. The molecule has 2 N–H and O–H groups in total. The van der Waals surface area contributed by atoms with Crippen LogP contribution >= 0.6 is 0 Å². The number of carbonyl (C=O) groups is 3. The largest absolute Gasteiger partial charge is 0.480 e. The fourth-order valence-electron chi connectivity index (χ4n) is 2.08. The van der Waals surface area contributed by atoms with Gasteiger partial charge in [0.1, 0.15) is 0 Å². The SMILES string of the molecule is CC(C)C(C(=O)O)(C(=O)O)C(=O)c1ccc(C(F)(F)F)cc1. The first kappa shape index (κ1) is 17.7. The van der Waals surface area contributed by atoms with Crippen LogP contribution in [0, 0.1) is 11.3 Å². The Hall–Kier alpha value is -2.38. The van der Waals surface area contributed by atoms with Crippen LogP contribution in [-0.4, -0.2) is 27.9 Å². The van der Waals surface area contributed by atoms with Crippen LogP contribution < -0.4 is 0 Å². The van der Waals surface area contributed by atoms with Crippen LogP contribution in [0.5, 0.6) is 0 Å². The highest BCUT2D eigenvalue weighted by Crippen LogP contribution is 2.34. The van der Waals surface area contributed by atoms with Crippen LogP contribution in [0.2, 0.25) is 0 Å². The summed E-state index contributed by atoms with van der Waals surface area (Å²) >= 11 is 0. The lowest BCUT2D eigenvalue weighted by molar-refractivity contribution is -0.163. The molecule has 0 amide bonds. The molecule has 120 valence electrons. The van der Waals surface area contributed by atoms with Crippen molar-refractivity contribution >= 4 is 17.7 Å². The lowest BCUT2D eigenvalue weighted by Crippen LogP contribution is -2.50. The first-order chi connectivity index (χ1) is 9.95. The Morgan fingerprint density at radius 3 is 1.64 bits per heavy atom. The van der Waals surface area contributed by atoms with Gasteiger partial charge in [-0.1, -0.05) is 26.0 Å². The molecule has 0 saturated carbocycles. The van der Waals surface area contributed by atoms with E-state index in [1.165, 1.54) is 13.8 Å². The third-order valence-corrected chi connectivity index (χ3v) is 3.37. The number of alkyl halides is 3. The molecule has 22 heavy (non-hydrogen) atoms. The molecule has 0 heterocycles. The highest BCUT2D eigenvalue weighted by molar-refractivity contribution is 6.24. The Kier molecular flexibility index (Phi) is 4.64. The summed E-state index contributed by atoms with van der Waals surface area (Å²) in [6.45, 7) is 2.48. The van der Waals surface area contributed by atoms with E-state index in [9.17, 15) is 37.8 Å². The molecule has 5 nitrogen and oxygen atoms in total. The van der Waals surface area contributed by atoms with Gasteiger partial charge in [0.2, 0.25) is 5.41 Å². The summed E-state index contributed by atoms with van der Waals surface area (Å²) in [7, 11) is 0. The van der Waals surface area contributed by atoms with E-state index >= 15 is 0 Å². The van der Waals surface area contributed by atoms with E-state index in [0.29, 0.717) is 12.1 Å². The summed E-state index contributed by atoms with van der Waals surface area (Å²) in [4.78, 5) is 35.0. The van der Waals surface area contributed by atoms with Crippen LogP contribution in [0.1, 0.15) is 29.8 Å². The smallest absolute Gasteiger partial charge is 0.416 e. The zero-order chi connectivity index (χ0) is 17.3. The average molecular weight is 318 g/mol. The molecule has 8 heteroatoms. The Balaban J connectivity index is 3.38. The quantitative estimate of drug-likeness (QED) is 0.643. The highest BCUT2D eigenvalue weighted by atomic mass is 19.4. The molecule has 1 aromatic carbocycles. The predicted molar refractivity (Wildman–Crippen MR) is 68.3 cm³/mol. The first-order valence-electron chi connectivity index (χ1n) is 6.14. The van der Waals surface area contributed by atoms with E-state index in [2.05, 4.69) is 0 Å². The molecule has 0 aliphatic heterocycles. The van der Waals surface area contributed by atoms with Crippen molar-refractivity contribution in [3.05, 3.63) is 35.4 Å². The third kappa shape index (κ3) is 2.81. The Morgan fingerprint density at radius 2 is 1.36 bits per heavy atom. The summed E-state index contributed by atoms with van der Waals surface area (Å²) in [5.74, 6) is -6.09. The van der Waals surface area contributed by atoms with Crippen molar-refractivity contribution in [3.63, 3.8) is 0 Å². The topological polar surface area (TPSA) is 91.7 Å². The number of hydrogen-bond acceptors (Lipinski definition) is 3. The normalized spacial score (nSPS) is 12.3. The number of carboxylic acid groups (broad SMARTS) is 2. The molecule has 1 aromatic rings. The number of ketones is 1. The third-order valence-electron chi connectivity index (χ3n) is 3.37. The molecular formula is C14H13F3O5. The molecule has 0 spiro atoms. The second-order valence-corrected chi connectivity index (χ2v) is 4.98. The summed E-state index contributed by atoms with van der Waals surface area (Å²) < 4.78 is 37.4. The van der Waals surface area contributed by atoms with Gasteiger partial charge in [0.15, 0.2) is 5.78 Å². The lowest BCUT2D eigenvalue weighted by Gasteiger charge is -2.27. The molecule has 0 radical (unpaired) electrons. The summed E-state index contributed by atoms with van der Waals surface area (Å²) in [6, 6.07) is 2.74. The number of benzene rings is 1. The minimum atomic E-state index is -4.61. The maximum absolute atomic E-state index is 12.5. The summed E-state index contributed by atoms with van der Waals surface area (Å²) in [6.07, 6.45) is -4.61. The van der Waals surface area contributed by atoms with Gasteiger partial charge in [-0.2, -0.15) is 13.2 Å². The monoisotopic (exact) mass is 318 g/mol. The Morgan fingerprint density at radius 1 is 0.955 bits per heavy atom. The number of halogens is 3. The van der Waals surface area contributed by atoms with Gasteiger partial charge in [-0.15, -0.1) is 0 Å². The van der Waals surface area contributed by atoms with Crippen molar-refractivity contribution < 1.29 is 37.8 Å². The number of hydrogen-bond donors (Lipinski definition) is 2. The van der Waals surface area contributed by atoms with Crippen LogP contribution in [0.15, 0.2) is 24.3 Å². The first-order valence-corrected chi connectivity index (χ1v) is 6.14. The second-order valence-electron chi connectivity index (χ2n) is 4.98. The van der Waals surface area contributed by atoms with Crippen molar-refractivity contribution in [3.8, 4) is 0 Å². The Labute approximate surface area is 123 Å². The zero-order valence-electron chi connectivity index (χ0n) is 11.6. The van der Waals surface area contributed by atoms with Crippen molar-refractivity contribution in [1.29, 1.82) is 0 Å². The van der Waals surface area contributed by atoms with Crippen molar-refractivity contribution in [2.24, 2.45) is 11.3 Å². The molecule has 0 aliphatic carbocycles. The molecule has 1 rings (SSSR count). The number of carboxylic acids is 2. The van der Waals surface area contributed by atoms with Crippen LogP contribution in [-0.2, 0) is 15.8 Å². The van der Waals surface area contributed by atoms with Gasteiger partial charge in [-0.05, 0) is 18.1 Å². The molecule has 0 unspecified atom stereocenters. The summed E-state index contributed by atoms with van der Waals surface area (Å²) in [5.41, 5.74) is -4.18. The molecule has 0 fully saturated rings. The van der Waals surface area contributed by atoms with Gasteiger partial charge in [-0.3, -0.25) is 14.4 Å². The minimum Gasteiger partial charge on any atom is -0.480 e. The van der Waals surface area contributed by atoms with E-state index in [1.54, 1.807) is 0 Å². The van der Waals surface area contributed by atoms with Crippen molar-refractivity contribution in [2.45, 2.75) is 20.0 Å². The fourth-order valence-corrected chi connectivity index (χ4v) is 2.08. The molecule has 0 aromatic heterocycles. The van der Waals surface area contributed by atoms with Crippen molar-refractivity contribution in [1.82, 2.24) is 0 Å². The zero-order valence-corrected chi connectivity index (χ0v) is 11.6. The van der Waals surface area contributed by atoms with E-state index in [0.717, 1.165) is 12.1 Å². The number of aliphatic carboxylic acids is 2. The van der Waals surface area contributed by atoms with Gasteiger partial charge >= 0.3 is 18.1 Å². The fraction of sp³-hybridized carbons (Fsp3) is 0.357. The van der Waals surface area contributed by atoms with Gasteiger partial charge in [-0.25, -0.2) is 0 Å². The van der Waals surface area contributed by atoms with E-state index < -0.39 is 46.4 Å². The standard InChI is InChI=1S/C14H13F3O5/c1-7(2)13(11(19)20,12(21)22)10(18)8-3-5-9(6-4-8)14(15,16)17/h3-7H,1-2H3,(H,19,20)(H,21,22). The molecule has 0 aliphatic rings. The predicted octanol–water partition coefficient (Wildman–Crippen LogP) is 2.70. The van der Waals surface area contributed by atoms with Crippen LogP contribution in [0.3, 0.4) is 0 Å². The molecule has 0 saturated heterocycles. The van der Waals surface area contributed by atoms with Gasteiger partial charge < -0.3 is 10.2 Å². The second kappa shape index (κ2) is 5.78. The van der Waals surface area contributed by atoms with Gasteiger partial charge in [0.25, 0.3) is 0 Å². The van der Waals surface area contributed by atoms with E-state index in [-0.39, 0.29) is 0 Å². The van der Waals surface area contributed by atoms with E-state index in [4.69, 9.17) is 0 Å². The Bertz CT molecular complexity index is 588. The molecule has 0 bridgehead atoms. The van der Waals surface area contributed by atoms with E-state index in [1.807, 2.05) is 0 Å². The lowest BCUT2D eigenvalue weighted by atomic mass is 9.71. The van der Waals surface area contributed by atoms with Gasteiger partial charge in [0, 0.05) is 5.56 Å². The highest BCUT2D eigenvalue weighted by Gasteiger charge is 2.56. The average Bonchev–Trinajstić information content (AvgIpc) is 2.37. The maximum Gasteiger partial charge on any atom is 0.416 e. The van der Waals surface area contributed by atoms with Gasteiger partial charge in [0.05, 0.1) is 5.56 Å². The molecule has 0 atom stereocenters. The number of Topliss-reactive ketones (excluding diaryl/α,β-unsaturated/α-hetero) is 1. The van der Waals surface area contributed by atoms with Crippen LogP contribution in [0.4, 0.5) is 13.2 Å². The number of rotatable bonds is 5. The van der Waals surface area contributed by atoms with Crippen molar-refractivity contribution in [2.75, 3.05) is 0 Å².